The molecule has 0 radical (unpaired) electrons. The van der Waals surface area contributed by atoms with Crippen LogP contribution in [0.1, 0.15) is 64.8 Å². The van der Waals surface area contributed by atoms with Gasteiger partial charge < -0.3 is 14.9 Å². The topological polar surface area (TPSA) is 83.8 Å². The highest BCUT2D eigenvalue weighted by molar-refractivity contribution is 5.97. The van der Waals surface area contributed by atoms with Crippen LogP contribution < -0.4 is 4.74 Å². The van der Waals surface area contributed by atoms with Gasteiger partial charge in [0.05, 0.1) is 5.56 Å². The van der Waals surface area contributed by atoms with Crippen LogP contribution in [0.5, 0.6) is 11.5 Å². The van der Waals surface area contributed by atoms with E-state index in [9.17, 15) is 14.7 Å². The highest BCUT2D eigenvalue weighted by atomic mass is 16.5. The van der Waals surface area contributed by atoms with Gasteiger partial charge in [0, 0.05) is 11.1 Å². The summed E-state index contributed by atoms with van der Waals surface area (Å²) >= 11 is 0. The number of rotatable bonds is 6. The monoisotopic (exact) mass is 406 g/mol. The molecule has 4 aliphatic carbocycles. The number of benzene rings is 2. The molecule has 5 nitrogen and oxygen atoms in total. The molecule has 4 saturated carbocycles. The molecule has 0 heterocycles. The van der Waals surface area contributed by atoms with E-state index in [1.54, 1.807) is 6.07 Å². The van der Waals surface area contributed by atoms with Crippen LogP contribution in [0.2, 0.25) is 0 Å². The zero-order valence-corrected chi connectivity index (χ0v) is 16.8. The molecule has 4 fully saturated rings. The summed E-state index contributed by atoms with van der Waals surface area (Å²) in [4.78, 5) is 23.5. The van der Waals surface area contributed by atoms with Gasteiger partial charge in [0.2, 0.25) is 0 Å². The van der Waals surface area contributed by atoms with Crippen LogP contribution >= 0.6 is 0 Å². The largest absolute Gasteiger partial charge is 0.508 e. The predicted octanol–water partition coefficient (Wildman–Crippen LogP) is 4.82. The third-order valence-electron chi connectivity index (χ3n) is 7.40. The number of carbonyl (C=O) groups is 2. The number of aromatic hydroxyl groups is 1. The molecule has 0 saturated heterocycles. The van der Waals surface area contributed by atoms with E-state index in [1.807, 2.05) is 12.1 Å². The number of carboxylic acids is 1. The lowest BCUT2D eigenvalue weighted by Gasteiger charge is -2.57. The van der Waals surface area contributed by atoms with Gasteiger partial charge in [-0.05, 0) is 92.0 Å². The lowest BCUT2D eigenvalue weighted by atomic mass is 9.48. The summed E-state index contributed by atoms with van der Waals surface area (Å²) in [7, 11) is 0. The van der Waals surface area contributed by atoms with Crippen molar-refractivity contribution in [3.63, 3.8) is 0 Å². The zero-order valence-electron chi connectivity index (χ0n) is 16.8. The van der Waals surface area contributed by atoms with Crippen molar-refractivity contribution < 1.29 is 24.5 Å². The summed E-state index contributed by atoms with van der Waals surface area (Å²) < 4.78 is 5.50. The third kappa shape index (κ3) is 3.36. The van der Waals surface area contributed by atoms with Gasteiger partial charge in [0.15, 0.2) is 12.4 Å². The van der Waals surface area contributed by atoms with E-state index in [4.69, 9.17) is 9.84 Å². The number of aromatic carboxylic acids is 1. The molecule has 30 heavy (non-hydrogen) atoms. The number of hydrogen-bond acceptors (Lipinski definition) is 4. The van der Waals surface area contributed by atoms with Crippen molar-refractivity contribution in [1.82, 2.24) is 0 Å². The van der Waals surface area contributed by atoms with Gasteiger partial charge in [0.25, 0.3) is 0 Å². The Morgan fingerprint density at radius 2 is 1.47 bits per heavy atom. The lowest BCUT2D eigenvalue weighted by molar-refractivity contribution is -0.00614. The van der Waals surface area contributed by atoms with Crippen LogP contribution in [0.15, 0.2) is 42.5 Å². The van der Waals surface area contributed by atoms with Gasteiger partial charge in [-0.2, -0.15) is 0 Å². The molecular weight excluding hydrogens is 380 g/mol. The second-order valence-electron chi connectivity index (χ2n) is 9.47. The van der Waals surface area contributed by atoms with Crippen molar-refractivity contribution in [2.75, 3.05) is 6.61 Å². The van der Waals surface area contributed by atoms with Crippen LogP contribution in [0.4, 0.5) is 0 Å². The molecule has 5 heteroatoms. The Hall–Kier alpha value is -2.82. The van der Waals surface area contributed by atoms with E-state index < -0.39 is 5.97 Å². The number of ether oxygens (including phenoxy) is 1. The number of Topliss-reactive ketones (excluding diaryl/α,β-unsaturated/α-hetero) is 1. The van der Waals surface area contributed by atoms with E-state index in [0.29, 0.717) is 11.3 Å². The molecule has 0 amide bonds. The molecule has 4 bridgehead atoms. The molecule has 0 aliphatic heterocycles. The minimum atomic E-state index is -1.01. The standard InChI is InChI=1S/C25H26O5/c26-22-10-19(23(27)14-30-20-4-1-18(2-5-20)24(28)29)3-6-21(22)25-11-15-7-16(12-25)9-17(8-15)13-25/h1-6,10,15-17,26H,7-9,11-14H2,(H,28,29). The van der Waals surface area contributed by atoms with E-state index >= 15 is 0 Å². The Balaban J connectivity index is 1.29. The Morgan fingerprint density at radius 1 is 0.900 bits per heavy atom. The summed E-state index contributed by atoms with van der Waals surface area (Å²) in [5.74, 6) is 1.81. The van der Waals surface area contributed by atoms with Crippen molar-refractivity contribution in [3.05, 3.63) is 59.2 Å². The van der Waals surface area contributed by atoms with Crippen molar-refractivity contribution >= 4 is 11.8 Å². The van der Waals surface area contributed by atoms with Crippen molar-refractivity contribution in [1.29, 1.82) is 0 Å². The fourth-order valence-electron chi connectivity index (χ4n) is 6.52. The number of carboxylic acid groups (broad SMARTS) is 1. The quantitative estimate of drug-likeness (QED) is 0.672. The third-order valence-corrected chi connectivity index (χ3v) is 7.40. The molecular formula is C25H26O5. The Bertz CT molecular complexity index is 956. The lowest BCUT2D eigenvalue weighted by Crippen LogP contribution is -2.48. The zero-order chi connectivity index (χ0) is 20.9. The molecule has 0 spiro atoms. The maximum absolute atomic E-state index is 12.6. The summed E-state index contributed by atoms with van der Waals surface area (Å²) in [5.41, 5.74) is 1.70. The number of hydrogen-bond donors (Lipinski definition) is 2. The maximum Gasteiger partial charge on any atom is 0.335 e. The molecule has 2 aromatic rings. The first kappa shape index (κ1) is 19.2. The summed E-state index contributed by atoms with van der Waals surface area (Å²) in [5, 5.41) is 19.8. The van der Waals surface area contributed by atoms with Crippen molar-refractivity contribution in [2.24, 2.45) is 17.8 Å². The van der Waals surface area contributed by atoms with Gasteiger partial charge in [0.1, 0.15) is 11.5 Å². The summed E-state index contributed by atoms with van der Waals surface area (Å²) in [6.07, 6.45) is 7.53. The van der Waals surface area contributed by atoms with Crippen LogP contribution in [-0.4, -0.2) is 28.6 Å². The predicted molar refractivity (Wildman–Crippen MR) is 111 cm³/mol. The average molecular weight is 406 g/mol. The molecule has 6 rings (SSSR count). The number of ketones is 1. The fourth-order valence-corrected chi connectivity index (χ4v) is 6.52. The van der Waals surface area contributed by atoms with E-state index in [0.717, 1.165) is 42.6 Å². The van der Waals surface area contributed by atoms with Crippen LogP contribution in [0.25, 0.3) is 0 Å². The number of phenols is 1. The molecule has 0 aromatic heterocycles. The second kappa shape index (κ2) is 7.15. The Morgan fingerprint density at radius 3 is 2.00 bits per heavy atom. The van der Waals surface area contributed by atoms with Crippen LogP contribution in [-0.2, 0) is 5.41 Å². The number of phenolic OH excluding ortho intramolecular Hbond substituents is 1. The van der Waals surface area contributed by atoms with E-state index in [2.05, 4.69) is 0 Å². The molecule has 156 valence electrons. The van der Waals surface area contributed by atoms with E-state index in [1.165, 1.54) is 43.5 Å². The summed E-state index contributed by atoms with van der Waals surface area (Å²) in [6.45, 7) is -0.164. The highest BCUT2D eigenvalue weighted by Crippen LogP contribution is 2.61. The van der Waals surface area contributed by atoms with Gasteiger partial charge in [-0.1, -0.05) is 12.1 Å². The van der Waals surface area contributed by atoms with E-state index in [-0.39, 0.29) is 29.1 Å². The maximum atomic E-state index is 12.6. The van der Waals surface area contributed by atoms with Gasteiger partial charge in [-0.25, -0.2) is 4.79 Å². The number of carbonyl (C=O) groups excluding carboxylic acids is 1. The van der Waals surface area contributed by atoms with Gasteiger partial charge in [-0.15, -0.1) is 0 Å². The molecule has 0 atom stereocenters. The van der Waals surface area contributed by atoms with Crippen molar-refractivity contribution in [2.45, 2.75) is 43.9 Å². The fraction of sp³-hybridized carbons (Fsp3) is 0.440. The smallest absolute Gasteiger partial charge is 0.335 e. The van der Waals surface area contributed by atoms with Crippen LogP contribution in [0, 0.1) is 17.8 Å². The second-order valence-corrected chi connectivity index (χ2v) is 9.47. The SMILES string of the molecule is O=C(O)c1ccc(OCC(=O)c2ccc(C34CC5CC(CC(C5)C3)C4)c(O)c2)cc1. The van der Waals surface area contributed by atoms with Gasteiger partial charge >= 0.3 is 5.97 Å². The van der Waals surface area contributed by atoms with Gasteiger partial charge in [-0.3, -0.25) is 4.79 Å². The summed E-state index contributed by atoms with van der Waals surface area (Å²) in [6, 6.07) is 11.3. The highest BCUT2D eigenvalue weighted by Gasteiger charge is 2.52. The Labute approximate surface area is 175 Å². The minimum absolute atomic E-state index is 0.0861. The normalized spacial score (nSPS) is 29.0. The van der Waals surface area contributed by atoms with Crippen molar-refractivity contribution in [3.8, 4) is 11.5 Å². The molecule has 0 unspecified atom stereocenters. The average Bonchev–Trinajstić information content (AvgIpc) is 2.71. The molecule has 2 N–H and O–H groups in total. The first-order valence-electron chi connectivity index (χ1n) is 10.7. The molecule has 2 aromatic carbocycles. The van der Waals surface area contributed by atoms with Crippen LogP contribution in [0.3, 0.4) is 0 Å². The first-order valence-corrected chi connectivity index (χ1v) is 10.7. The Kier molecular flexibility index (Phi) is 4.57. The molecule has 4 aliphatic rings. The first-order chi connectivity index (χ1) is 14.4. The minimum Gasteiger partial charge on any atom is -0.508 e.